The number of benzene rings is 1. The molecule has 1 rings (SSSR count). The third-order valence-corrected chi connectivity index (χ3v) is 3.59. The van der Waals surface area contributed by atoms with Crippen molar-refractivity contribution in [3.05, 3.63) is 30.3 Å². The van der Waals surface area contributed by atoms with Crippen LogP contribution in [-0.2, 0) is 0 Å². The number of nitrogens with zero attached hydrogens (tertiary/aromatic N) is 1. The lowest BCUT2D eigenvalue weighted by atomic mass is 9.87. The van der Waals surface area contributed by atoms with Crippen LogP contribution >= 0.6 is 0 Å². The highest BCUT2D eigenvalue weighted by molar-refractivity contribution is 5.45. The Morgan fingerprint density at radius 1 is 1.11 bits per heavy atom. The topological polar surface area (TPSA) is 29.3 Å². The minimum absolute atomic E-state index is 0.295. The van der Waals surface area contributed by atoms with Crippen LogP contribution < -0.4 is 10.6 Å². The van der Waals surface area contributed by atoms with Gasteiger partial charge in [-0.3, -0.25) is 0 Å². The highest BCUT2D eigenvalue weighted by Gasteiger charge is 2.14. The average Bonchev–Trinajstić information content (AvgIpc) is 2.40. The summed E-state index contributed by atoms with van der Waals surface area (Å²) in [6, 6.07) is 10.7. The summed E-state index contributed by atoms with van der Waals surface area (Å²) in [5, 5.41) is 0. The van der Waals surface area contributed by atoms with Gasteiger partial charge >= 0.3 is 0 Å². The first kappa shape index (κ1) is 15.0. The van der Waals surface area contributed by atoms with Crippen molar-refractivity contribution in [3.8, 4) is 0 Å². The molecule has 0 amide bonds. The van der Waals surface area contributed by atoms with Gasteiger partial charge in [-0.1, -0.05) is 38.5 Å². The minimum atomic E-state index is 0.295. The number of unbranched alkanes of at least 4 members (excludes halogenated alkanes) is 1. The Morgan fingerprint density at radius 2 is 1.78 bits per heavy atom. The Hall–Kier alpha value is -1.02. The van der Waals surface area contributed by atoms with Crippen molar-refractivity contribution in [2.75, 3.05) is 24.5 Å². The van der Waals surface area contributed by atoms with Crippen molar-refractivity contribution in [1.82, 2.24) is 0 Å². The number of anilines is 1. The van der Waals surface area contributed by atoms with Crippen molar-refractivity contribution in [2.45, 2.75) is 40.0 Å². The summed E-state index contributed by atoms with van der Waals surface area (Å²) in [5.41, 5.74) is 7.38. The normalized spacial score (nSPS) is 11.6. The highest BCUT2D eigenvalue weighted by atomic mass is 15.1. The van der Waals surface area contributed by atoms with Gasteiger partial charge in [0, 0.05) is 18.8 Å². The summed E-state index contributed by atoms with van der Waals surface area (Å²) in [7, 11) is 0. The Labute approximate surface area is 112 Å². The van der Waals surface area contributed by atoms with Gasteiger partial charge in [0.05, 0.1) is 0 Å². The molecular formula is C16H28N2. The van der Waals surface area contributed by atoms with Gasteiger partial charge in [0.15, 0.2) is 0 Å². The largest absolute Gasteiger partial charge is 0.372 e. The van der Waals surface area contributed by atoms with Crippen LogP contribution in [-0.4, -0.2) is 19.6 Å². The van der Waals surface area contributed by atoms with Crippen LogP contribution in [0.1, 0.15) is 40.0 Å². The summed E-state index contributed by atoms with van der Waals surface area (Å²) in [6.45, 7) is 9.72. The second-order valence-electron chi connectivity index (χ2n) is 5.74. The molecule has 18 heavy (non-hydrogen) atoms. The molecule has 0 bridgehead atoms. The van der Waals surface area contributed by atoms with Crippen molar-refractivity contribution >= 4 is 5.69 Å². The molecule has 0 spiro atoms. The molecule has 1 aromatic carbocycles. The maximum absolute atomic E-state index is 5.76. The second-order valence-corrected chi connectivity index (χ2v) is 5.74. The molecule has 0 radical (unpaired) electrons. The maximum atomic E-state index is 5.76. The Kier molecular flexibility index (Phi) is 6.20. The van der Waals surface area contributed by atoms with Crippen LogP contribution in [0.5, 0.6) is 0 Å². The number of hydrogen-bond donors (Lipinski definition) is 1. The molecule has 1 aromatic rings. The average molecular weight is 248 g/mol. The smallest absolute Gasteiger partial charge is 0.0366 e. The molecule has 0 saturated carbocycles. The van der Waals surface area contributed by atoms with Crippen LogP contribution in [0.2, 0.25) is 0 Å². The van der Waals surface area contributed by atoms with Gasteiger partial charge in [0.1, 0.15) is 0 Å². The van der Waals surface area contributed by atoms with E-state index in [4.69, 9.17) is 5.73 Å². The maximum Gasteiger partial charge on any atom is 0.0366 e. The molecule has 0 fully saturated rings. The third kappa shape index (κ3) is 5.09. The molecule has 0 aliphatic rings. The molecule has 102 valence electrons. The van der Waals surface area contributed by atoms with Gasteiger partial charge < -0.3 is 10.6 Å². The van der Waals surface area contributed by atoms with E-state index >= 15 is 0 Å². The minimum Gasteiger partial charge on any atom is -0.372 e. The van der Waals surface area contributed by atoms with Crippen molar-refractivity contribution in [1.29, 1.82) is 0 Å². The molecule has 0 aliphatic carbocycles. The third-order valence-electron chi connectivity index (χ3n) is 3.59. The van der Waals surface area contributed by atoms with E-state index in [0.29, 0.717) is 5.41 Å². The van der Waals surface area contributed by atoms with E-state index in [1.807, 2.05) is 0 Å². The monoisotopic (exact) mass is 248 g/mol. The van der Waals surface area contributed by atoms with Crippen LogP contribution in [0.15, 0.2) is 30.3 Å². The lowest BCUT2D eigenvalue weighted by Crippen LogP contribution is -2.26. The van der Waals surface area contributed by atoms with Crippen LogP contribution in [0.3, 0.4) is 0 Å². The second kappa shape index (κ2) is 7.42. The van der Waals surface area contributed by atoms with E-state index in [9.17, 15) is 0 Å². The molecule has 0 unspecified atom stereocenters. The van der Waals surface area contributed by atoms with Gasteiger partial charge in [0.2, 0.25) is 0 Å². The van der Waals surface area contributed by atoms with Crippen molar-refractivity contribution < 1.29 is 0 Å². The van der Waals surface area contributed by atoms with E-state index in [2.05, 4.69) is 56.0 Å². The number of rotatable bonds is 8. The lowest BCUT2D eigenvalue weighted by Gasteiger charge is -2.25. The van der Waals surface area contributed by atoms with Crippen molar-refractivity contribution in [2.24, 2.45) is 11.1 Å². The molecule has 0 aliphatic heterocycles. The first-order valence-electron chi connectivity index (χ1n) is 7.09. The van der Waals surface area contributed by atoms with E-state index in [1.165, 1.54) is 24.9 Å². The van der Waals surface area contributed by atoms with E-state index in [1.54, 1.807) is 0 Å². The van der Waals surface area contributed by atoms with Crippen LogP contribution in [0.4, 0.5) is 5.69 Å². The molecule has 0 atom stereocenters. The first-order chi connectivity index (χ1) is 8.59. The molecule has 2 N–H and O–H groups in total. The Bertz CT molecular complexity index is 319. The van der Waals surface area contributed by atoms with Gasteiger partial charge in [-0.25, -0.2) is 0 Å². The van der Waals surface area contributed by atoms with Gasteiger partial charge in [-0.2, -0.15) is 0 Å². The fourth-order valence-electron chi connectivity index (χ4n) is 2.12. The zero-order chi connectivity index (χ0) is 13.4. The Balaban J connectivity index is 2.33. The molecule has 2 heteroatoms. The summed E-state index contributed by atoms with van der Waals surface area (Å²) in [4.78, 5) is 2.44. The van der Waals surface area contributed by atoms with Gasteiger partial charge in [-0.05, 0) is 43.9 Å². The number of hydrogen-bond acceptors (Lipinski definition) is 2. The zero-order valence-electron chi connectivity index (χ0n) is 12.2. The standard InChI is InChI=1S/C16H28N2/c1-4-18(15-10-6-5-7-11-15)13-9-8-12-16(2,3)14-17/h5-7,10-11H,4,8-9,12-14,17H2,1-3H3. The molecule has 2 nitrogen and oxygen atoms in total. The summed E-state index contributed by atoms with van der Waals surface area (Å²) < 4.78 is 0. The molecule has 0 saturated heterocycles. The van der Waals surface area contributed by atoms with Crippen LogP contribution in [0, 0.1) is 5.41 Å². The fraction of sp³-hybridized carbons (Fsp3) is 0.625. The zero-order valence-corrected chi connectivity index (χ0v) is 12.2. The molecular weight excluding hydrogens is 220 g/mol. The van der Waals surface area contributed by atoms with E-state index in [-0.39, 0.29) is 0 Å². The summed E-state index contributed by atoms with van der Waals surface area (Å²) >= 11 is 0. The Morgan fingerprint density at radius 3 is 2.33 bits per heavy atom. The predicted molar refractivity (Wildman–Crippen MR) is 81.0 cm³/mol. The van der Waals surface area contributed by atoms with Crippen molar-refractivity contribution in [3.63, 3.8) is 0 Å². The van der Waals surface area contributed by atoms with E-state index in [0.717, 1.165) is 19.6 Å². The number of para-hydroxylation sites is 1. The quantitative estimate of drug-likeness (QED) is 0.711. The molecule has 0 heterocycles. The molecule has 0 aromatic heterocycles. The van der Waals surface area contributed by atoms with Gasteiger partial charge in [0.25, 0.3) is 0 Å². The predicted octanol–water partition coefficient (Wildman–Crippen LogP) is 3.67. The highest BCUT2D eigenvalue weighted by Crippen LogP contribution is 2.22. The van der Waals surface area contributed by atoms with Gasteiger partial charge in [-0.15, -0.1) is 0 Å². The fourth-order valence-corrected chi connectivity index (χ4v) is 2.12. The SMILES string of the molecule is CCN(CCCCC(C)(C)CN)c1ccccc1. The number of nitrogens with two attached hydrogens (primary N) is 1. The lowest BCUT2D eigenvalue weighted by molar-refractivity contribution is 0.333. The summed E-state index contributed by atoms with van der Waals surface area (Å²) in [6.07, 6.45) is 3.72. The van der Waals surface area contributed by atoms with Crippen LogP contribution in [0.25, 0.3) is 0 Å². The van der Waals surface area contributed by atoms with E-state index < -0.39 is 0 Å². The summed E-state index contributed by atoms with van der Waals surface area (Å²) in [5.74, 6) is 0. The first-order valence-corrected chi connectivity index (χ1v) is 7.09.